The summed E-state index contributed by atoms with van der Waals surface area (Å²) >= 11 is 3.45. The molecule has 0 amide bonds. The predicted molar refractivity (Wildman–Crippen MR) is 58.8 cm³/mol. The Morgan fingerprint density at radius 2 is 1.93 bits per heavy atom. The third-order valence-electron chi connectivity index (χ3n) is 2.13. The topological polar surface area (TPSA) is 44.0 Å². The Morgan fingerprint density at radius 3 is 2.36 bits per heavy atom. The summed E-state index contributed by atoms with van der Waals surface area (Å²) in [5.41, 5.74) is 2.97. The molecule has 1 rings (SSSR count). The number of aliphatic hydroxyl groups is 1. The van der Waals surface area contributed by atoms with E-state index in [0.29, 0.717) is 0 Å². The van der Waals surface area contributed by atoms with Gasteiger partial charge in [0.25, 0.3) is 0 Å². The van der Waals surface area contributed by atoms with Crippen molar-refractivity contribution in [3.63, 3.8) is 0 Å². The SMILES string of the molecule is Cc1cc(C(O)CC#N)cc(C)c1Br. The fraction of sp³-hybridized carbons (Fsp3) is 0.364. The molecular formula is C11H12BrNO. The van der Waals surface area contributed by atoms with Crippen LogP contribution in [0.25, 0.3) is 0 Å². The molecule has 3 heteroatoms. The third kappa shape index (κ3) is 2.34. The van der Waals surface area contributed by atoms with Gasteiger partial charge in [-0.15, -0.1) is 0 Å². The zero-order chi connectivity index (χ0) is 10.7. The fourth-order valence-electron chi connectivity index (χ4n) is 1.38. The van der Waals surface area contributed by atoms with Crippen LogP contribution in [0.4, 0.5) is 0 Å². The number of hydrogen-bond donors (Lipinski definition) is 1. The first-order valence-corrected chi connectivity index (χ1v) is 5.17. The number of aryl methyl sites for hydroxylation is 2. The normalized spacial score (nSPS) is 12.2. The maximum absolute atomic E-state index is 9.62. The van der Waals surface area contributed by atoms with Gasteiger partial charge >= 0.3 is 0 Å². The minimum absolute atomic E-state index is 0.139. The second kappa shape index (κ2) is 4.59. The second-order valence-corrected chi connectivity index (χ2v) is 4.14. The first kappa shape index (κ1) is 11.2. The van der Waals surface area contributed by atoms with Crippen LogP contribution in [0.5, 0.6) is 0 Å². The summed E-state index contributed by atoms with van der Waals surface area (Å²) in [6.07, 6.45) is -0.536. The number of rotatable bonds is 2. The monoisotopic (exact) mass is 253 g/mol. The van der Waals surface area contributed by atoms with Gasteiger partial charge < -0.3 is 5.11 Å². The molecule has 1 N–H and O–H groups in total. The van der Waals surface area contributed by atoms with Gasteiger partial charge in [-0.25, -0.2) is 0 Å². The van der Waals surface area contributed by atoms with Crippen LogP contribution >= 0.6 is 15.9 Å². The van der Waals surface area contributed by atoms with Crippen molar-refractivity contribution in [2.24, 2.45) is 0 Å². The fourth-order valence-corrected chi connectivity index (χ4v) is 1.61. The molecule has 0 aliphatic carbocycles. The van der Waals surface area contributed by atoms with Gasteiger partial charge in [-0.1, -0.05) is 28.1 Å². The maximum atomic E-state index is 9.62. The van der Waals surface area contributed by atoms with Gasteiger partial charge in [0, 0.05) is 4.47 Å². The highest BCUT2D eigenvalue weighted by molar-refractivity contribution is 9.10. The minimum atomic E-state index is -0.675. The Labute approximate surface area is 92.3 Å². The summed E-state index contributed by atoms with van der Waals surface area (Å²) < 4.78 is 1.06. The Balaban J connectivity index is 3.07. The van der Waals surface area contributed by atoms with E-state index in [1.807, 2.05) is 32.0 Å². The lowest BCUT2D eigenvalue weighted by Gasteiger charge is -2.11. The van der Waals surface area contributed by atoms with Crippen molar-refractivity contribution in [1.29, 1.82) is 5.26 Å². The lowest BCUT2D eigenvalue weighted by molar-refractivity contribution is 0.183. The molecule has 0 aromatic heterocycles. The van der Waals surface area contributed by atoms with Crippen LogP contribution in [0.3, 0.4) is 0 Å². The van der Waals surface area contributed by atoms with E-state index in [2.05, 4.69) is 15.9 Å². The van der Waals surface area contributed by atoms with Crippen LogP contribution < -0.4 is 0 Å². The lowest BCUT2D eigenvalue weighted by Crippen LogP contribution is -1.98. The standard InChI is InChI=1S/C11H12BrNO/c1-7-5-9(10(14)3-4-13)6-8(2)11(7)12/h5-6,10,14H,3H2,1-2H3. The average Bonchev–Trinajstić information content (AvgIpc) is 2.13. The van der Waals surface area contributed by atoms with E-state index >= 15 is 0 Å². The van der Waals surface area contributed by atoms with Crippen LogP contribution in [0.1, 0.15) is 29.2 Å². The van der Waals surface area contributed by atoms with E-state index in [9.17, 15) is 5.11 Å². The molecule has 0 heterocycles. The van der Waals surface area contributed by atoms with E-state index < -0.39 is 6.10 Å². The molecule has 0 bridgehead atoms. The van der Waals surface area contributed by atoms with Crippen molar-refractivity contribution in [3.05, 3.63) is 33.3 Å². The van der Waals surface area contributed by atoms with E-state index in [-0.39, 0.29) is 6.42 Å². The summed E-state index contributed by atoms with van der Waals surface area (Å²) in [5.74, 6) is 0. The highest BCUT2D eigenvalue weighted by Crippen LogP contribution is 2.26. The number of aliphatic hydroxyl groups excluding tert-OH is 1. The zero-order valence-corrected chi connectivity index (χ0v) is 9.80. The van der Waals surface area contributed by atoms with Crippen LogP contribution in [0.2, 0.25) is 0 Å². The number of halogens is 1. The first-order valence-electron chi connectivity index (χ1n) is 4.38. The predicted octanol–water partition coefficient (Wildman–Crippen LogP) is 3.01. The van der Waals surface area contributed by atoms with E-state index in [1.54, 1.807) is 0 Å². The van der Waals surface area contributed by atoms with E-state index in [4.69, 9.17) is 5.26 Å². The Bertz CT molecular complexity index is 358. The Hall–Kier alpha value is -0.850. The smallest absolute Gasteiger partial charge is 0.0920 e. The van der Waals surface area contributed by atoms with Crippen molar-refractivity contribution in [3.8, 4) is 6.07 Å². The largest absolute Gasteiger partial charge is 0.387 e. The highest BCUT2D eigenvalue weighted by Gasteiger charge is 2.09. The van der Waals surface area contributed by atoms with Crippen LogP contribution in [0, 0.1) is 25.2 Å². The molecule has 14 heavy (non-hydrogen) atoms. The third-order valence-corrected chi connectivity index (χ3v) is 3.38. The summed E-state index contributed by atoms with van der Waals surface area (Å²) in [4.78, 5) is 0. The summed E-state index contributed by atoms with van der Waals surface area (Å²) in [5, 5.41) is 18.1. The molecule has 0 saturated heterocycles. The molecule has 0 spiro atoms. The van der Waals surface area contributed by atoms with Crippen LogP contribution in [-0.4, -0.2) is 5.11 Å². The molecule has 0 aliphatic rings. The van der Waals surface area contributed by atoms with E-state index in [0.717, 1.165) is 21.2 Å². The highest BCUT2D eigenvalue weighted by atomic mass is 79.9. The van der Waals surface area contributed by atoms with Gasteiger partial charge in [-0.2, -0.15) is 5.26 Å². The lowest BCUT2D eigenvalue weighted by atomic mass is 10.0. The maximum Gasteiger partial charge on any atom is 0.0920 e. The first-order chi connectivity index (χ1) is 6.56. The van der Waals surface area contributed by atoms with Gasteiger partial charge in [0.2, 0.25) is 0 Å². The van der Waals surface area contributed by atoms with Gasteiger partial charge in [-0.3, -0.25) is 0 Å². The van der Waals surface area contributed by atoms with Crippen molar-refractivity contribution >= 4 is 15.9 Å². The number of nitriles is 1. The van der Waals surface area contributed by atoms with Gasteiger partial charge in [0.05, 0.1) is 18.6 Å². The van der Waals surface area contributed by atoms with E-state index in [1.165, 1.54) is 0 Å². The molecule has 0 radical (unpaired) electrons. The van der Waals surface area contributed by atoms with Crippen molar-refractivity contribution in [2.45, 2.75) is 26.4 Å². The quantitative estimate of drug-likeness (QED) is 0.881. The molecule has 2 nitrogen and oxygen atoms in total. The van der Waals surface area contributed by atoms with Crippen LogP contribution in [0.15, 0.2) is 16.6 Å². The summed E-state index contributed by atoms with van der Waals surface area (Å²) in [6, 6.07) is 5.76. The molecule has 0 fully saturated rings. The molecule has 1 aromatic carbocycles. The molecule has 0 aliphatic heterocycles. The molecule has 1 unspecified atom stereocenters. The van der Waals surface area contributed by atoms with Gasteiger partial charge in [0.15, 0.2) is 0 Å². The molecular weight excluding hydrogens is 242 g/mol. The average molecular weight is 254 g/mol. The number of hydrogen-bond acceptors (Lipinski definition) is 2. The number of nitrogens with zero attached hydrogens (tertiary/aromatic N) is 1. The zero-order valence-electron chi connectivity index (χ0n) is 8.21. The Kier molecular flexibility index (Phi) is 3.68. The van der Waals surface area contributed by atoms with Gasteiger partial charge in [0.1, 0.15) is 0 Å². The molecule has 1 atom stereocenters. The molecule has 74 valence electrons. The van der Waals surface area contributed by atoms with Crippen molar-refractivity contribution in [2.75, 3.05) is 0 Å². The number of benzene rings is 1. The van der Waals surface area contributed by atoms with Gasteiger partial charge in [-0.05, 0) is 30.5 Å². The van der Waals surface area contributed by atoms with Crippen molar-refractivity contribution in [1.82, 2.24) is 0 Å². The minimum Gasteiger partial charge on any atom is -0.387 e. The van der Waals surface area contributed by atoms with Crippen molar-refractivity contribution < 1.29 is 5.11 Å². The molecule has 0 saturated carbocycles. The summed E-state index contributed by atoms with van der Waals surface area (Å²) in [6.45, 7) is 3.94. The summed E-state index contributed by atoms with van der Waals surface area (Å²) in [7, 11) is 0. The molecule has 1 aromatic rings. The second-order valence-electron chi connectivity index (χ2n) is 3.35. The van der Waals surface area contributed by atoms with Crippen LogP contribution in [-0.2, 0) is 0 Å². The Morgan fingerprint density at radius 1 is 1.43 bits per heavy atom.